The van der Waals surface area contributed by atoms with Crippen molar-refractivity contribution in [3.05, 3.63) is 0 Å². The topological polar surface area (TPSA) is 231 Å². The molecule has 0 aromatic heterocycles. The first-order valence-corrected chi connectivity index (χ1v) is 13.1. The van der Waals surface area contributed by atoms with Crippen molar-refractivity contribution in [3.8, 4) is 0 Å². The highest BCUT2D eigenvalue weighted by atomic mass is 32.2. The summed E-state index contributed by atoms with van der Waals surface area (Å²) in [6, 6.07) is -4.98. The van der Waals surface area contributed by atoms with Gasteiger partial charge in [-0.15, -0.1) is 0 Å². The van der Waals surface area contributed by atoms with Crippen molar-refractivity contribution < 1.29 is 39.0 Å². The second-order valence-corrected chi connectivity index (χ2v) is 9.27. The first kappa shape index (κ1) is 31.5. The average Bonchev–Trinajstić information content (AvgIpc) is 2.75. The van der Waals surface area contributed by atoms with Crippen molar-refractivity contribution in [1.29, 1.82) is 0 Å². The molecule has 0 aliphatic heterocycles. The van der Waals surface area contributed by atoms with E-state index in [1.807, 2.05) is 0 Å². The predicted molar refractivity (Wildman–Crippen MR) is 128 cm³/mol. The lowest BCUT2D eigenvalue weighted by atomic mass is 10.1. The summed E-state index contributed by atoms with van der Waals surface area (Å²) >= 11 is 2.81. The van der Waals surface area contributed by atoms with E-state index in [9.17, 15) is 33.9 Å². The summed E-state index contributed by atoms with van der Waals surface area (Å²) in [5, 5.41) is 25.5. The molecule has 0 fully saturated rings. The highest BCUT2D eigenvalue weighted by Crippen LogP contribution is 2.07. The molecule has 34 heavy (non-hydrogen) atoms. The van der Waals surface area contributed by atoms with Gasteiger partial charge in [0.25, 0.3) is 0 Å². The Morgan fingerprint density at radius 1 is 0.765 bits per heavy atom. The minimum Gasteiger partial charge on any atom is -0.481 e. The standard InChI is InChI=1S/C19H33N5O8S2/c1-33-7-5-12(18(30)24-13(19(31)32)6-8-34-2)23-17(29)11(3-4-15(26)27)22-16(28)10(20)9-14(21)25/h10-13H,3-9,20H2,1-2H3,(H2,21,25)(H,22,28)(H,23,29)(H,24,30)(H,26,27)(H,31,32). The molecule has 0 bridgehead atoms. The zero-order valence-electron chi connectivity index (χ0n) is 19.1. The summed E-state index contributed by atoms with van der Waals surface area (Å²) < 4.78 is 0. The van der Waals surface area contributed by atoms with Crippen molar-refractivity contribution in [2.75, 3.05) is 24.0 Å². The normalized spacial score (nSPS) is 14.2. The van der Waals surface area contributed by atoms with Crippen molar-refractivity contribution in [3.63, 3.8) is 0 Å². The molecular weight excluding hydrogens is 490 g/mol. The van der Waals surface area contributed by atoms with Crippen LogP contribution in [0.25, 0.3) is 0 Å². The van der Waals surface area contributed by atoms with Crippen LogP contribution in [0.3, 0.4) is 0 Å². The monoisotopic (exact) mass is 523 g/mol. The summed E-state index contributed by atoms with van der Waals surface area (Å²) in [4.78, 5) is 71.2. The van der Waals surface area contributed by atoms with Gasteiger partial charge in [0.1, 0.15) is 18.1 Å². The van der Waals surface area contributed by atoms with Gasteiger partial charge in [-0.2, -0.15) is 23.5 Å². The number of nitrogens with two attached hydrogens (primary N) is 2. The van der Waals surface area contributed by atoms with Gasteiger partial charge >= 0.3 is 11.9 Å². The summed E-state index contributed by atoms with van der Waals surface area (Å²) in [5.41, 5.74) is 10.6. The summed E-state index contributed by atoms with van der Waals surface area (Å²) in [6.45, 7) is 0. The lowest BCUT2D eigenvalue weighted by Gasteiger charge is -2.25. The number of carbonyl (C=O) groups excluding carboxylic acids is 4. The molecule has 0 saturated carbocycles. The first-order chi connectivity index (χ1) is 15.9. The molecule has 0 saturated heterocycles. The van der Waals surface area contributed by atoms with E-state index in [1.165, 1.54) is 23.5 Å². The zero-order valence-corrected chi connectivity index (χ0v) is 20.7. The van der Waals surface area contributed by atoms with Gasteiger partial charge in [-0.3, -0.25) is 24.0 Å². The van der Waals surface area contributed by atoms with E-state index >= 15 is 0 Å². The van der Waals surface area contributed by atoms with Crippen molar-refractivity contribution in [1.82, 2.24) is 16.0 Å². The van der Waals surface area contributed by atoms with Crippen LogP contribution in [-0.4, -0.2) is 94.0 Å². The highest BCUT2D eigenvalue weighted by Gasteiger charge is 2.30. The maximum atomic E-state index is 12.8. The third kappa shape index (κ3) is 13.3. The second-order valence-electron chi connectivity index (χ2n) is 7.29. The third-order valence-corrected chi connectivity index (χ3v) is 5.79. The van der Waals surface area contributed by atoms with Crippen LogP contribution < -0.4 is 27.4 Å². The number of rotatable bonds is 18. The molecule has 13 nitrogen and oxygen atoms in total. The zero-order chi connectivity index (χ0) is 26.3. The molecule has 0 rings (SSSR count). The quantitative estimate of drug-likeness (QED) is 0.105. The molecule has 0 aromatic carbocycles. The molecule has 4 unspecified atom stereocenters. The number of amides is 4. The Bertz CT molecular complexity index is 739. The van der Waals surface area contributed by atoms with E-state index in [1.54, 1.807) is 12.5 Å². The van der Waals surface area contributed by atoms with Crippen LogP contribution in [0.4, 0.5) is 0 Å². The van der Waals surface area contributed by atoms with E-state index < -0.39 is 72.6 Å². The largest absolute Gasteiger partial charge is 0.481 e. The molecule has 0 radical (unpaired) electrons. The second kappa shape index (κ2) is 17.0. The molecule has 194 valence electrons. The number of aliphatic carboxylic acids is 2. The molecule has 4 amide bonds. The summed E-state index contributed by atoms with van der Waals surface area (Å²) in [7, 11) is 0. The van der Waals surface area contributed by atoms with E-state index in [4.69, 9.17) is 16.6 Å². The number of primary amides is 1. The summed E-state index contributed by atoms with van der Waals surface area (Å²) in [5.74, 6) is -4.78. The van der Waals surface area contributed by atoms with Gasteiger partial charge in [0, 0.05) is 6.42 Å². The fraction of sp³-hybridized carbons (Fsp3) is 0.684. The smallest absolute Gasteiger partial charge is 0.326 e. The van der Waals surface area contributed by atoms with Gasteiger partial charge in [-0.25, -0.2) is 4.79 Å². The van der Waals surface area contributed by atoms with Gasteiger partial charge in [-0.1, -0.05) is 0 Å². The van der Waals surface area contributed by atoms with Crippen LogP contribution in [0.5, 0.6) is 0 Å². The van der Waals surface area contributed by atoms with Crippen molar-refractivity contribution in [2.45, 2.75) is 56.3 Å². The van der Waals surface area contributed by atoms with Crippen molar-refractivity contribution in [2.24, 2.45) is 11.5 Å². The Morgan fingerprint density at radius 3 is 1.65 bits per heavy atom. The van der Waals surface area contributed by atoms with Crippen LogP contribution >= 0.6 is 23.5 Å². The minimum atomic E-state index is -1.36. The first-order valence-electron chi connectivity index (χ1n) is 10.3. The van der Waals surface area contributed by atoms with Crippen LogP contribution in [0, 0.1) is 0 Å². The van der Waals surface area contributed by atoms with Crippen LogP contribution in [0.2, 0.25) is 0 Å². The van der Waals surface area contributed by atoms with E-state index in [2.05, 4.69) is 16.0 Å². The molecule has 0 heterocycles. The van der Waals surface area contributed by atoms with E-state index in [0.29, 0.717) is 11.5 Å². The molecule has 4 atom stereocenters. The highest BCUT2D eigenvalue weighted by molar-refractivity contribution is 7.98. The summed E-state index contributed by atoms with van der Waals surface area (Å²) in [6.07, 6.45) is 2.66. The number of hydrogen-bond acceptors (Lipinski definition) is 9. The maximum Gasteiger partial charge on any atom is 0.326 e. The van der Waals surface area contributed by atoms with Gasteiger partial charge in [-0.05, 0) is 43.3 Å². The fourth-order valence-corrected chi connectivity index (χ4v) is 3.61. The molecular formula is C19H33N5O8S2. The Kier molecular flexibility index (Phi) is 15.7. The van der Waals surface area contributed by atoms with Gasteiger partial charge in [0.15, 0.2) is 0 Å². The van der Waals surface area contributed by atoms with Crippen molar-refractivity contribution >= 4 is 59.1 Å². The number of carboxylic acid groups (broad SMARTS) is 2. The Labute approximate surface area is 205 Å². The molecule has 15 heteroatoms. The lowest BCUT2D eigenvalue weighted by molar-refractivity contribution is -0.142. The van der Waals surface area contributed by atoms with E-state index in [0.717, 1.165) is 0 Å². The maximum absolute atomic E-state index is 12.8. The third-order valence-electron chi connectivity index (χ3n) is 4.51. The molecule has 0 aliphatic rings. The Morgan fingerprint density at radius 2 is 1.21 bits per heavy atom. The Hall–Kier alpha value is -2.52. The molecule has 9 N–H and O–H groups in total. The fourth-order valence-electron chi connectivity index (χ4n) is 2.67. The van der Waals surface area contributed by atoms with E-state index in [-0.39, 0.29) is 19.3 Å². The van der Waals surface area contributed by atoms with Crippen LogP contribution in [0.15, 0.2) is 0 Å². The Balaban J connectivity index is 5.49. The van der Waals surface area contributed by atoms with Crippen LogP contribution in [-0.2, 0) is 28.8 Å². The number of carbonyl (C=O) groups is 6. The number of thioether (sulfide) groups is 2. The van der Waals surface area contributed by atoms with Gasteiger partial charge < -0.3 is 37.6 Å². The van der Waals surface area contributed by atoms with Gasteiger partial charge in [0.2, 0.25) is 23.6 Å². The van der Waals surface area contributed by atoms with Crippen LogP contribution in [0.1, 0.15) is 32.1 Å². The average molecular weight is 524 g/mol. The number of nitrogens with one attached hydrogen (secondary N) is 3. The molecule has 0 spiro atoms. The minimum absolute atomic E-state index is 0.161. The molecule has 0 aliphatic carbocycles. The van der Waals surface area contributed by atoms with Gasteiger partial charge in [0.05, 0.1) is 12.5 Å². The SMILES string of the molecule is CSCCC(NC(=O)C(CCSC)NC(=O)C(CCC(=O)O)NC(=O)C(N)CC(N)=O)C(=O)O. The number of hydrogen-bond donors (Lipinski definition) is 7. The lowest BCUT2D eigenvalue weighted by Crippen LogP contribution is -2.57. The number of carboxylic acids is 2. The predicted octanol–water partition coefficient (Wildman–Crippen LogP) is -1.90. The molecule has 0 aromatic rings.